The monoisotopic (exact) mass is 208 g/mol. The SMILES string of the molecule is C#CCCC(=O)N1CCCCC1C(C)N. The average Bonchev–Trinajstić information content (AvgIpc) is 2.25. The molecule has 0 aromatic carbocycles. The van der Waals surface area contributed by atoms with Crippen LogP contribution in [0.15, 0.2) is 0 Å². The topological polar surface area (TPSA) is 46.3 Å². The molecule has 3 nitrogen and oxygen atoms in total. The first-order valence-electron chi connectivity index (χ1n) is 5.65. The second kappa shape index (κ2) is 5.77. The highest BCUT2D eigenvalue weighted by atomic mass is 16.2. The van der Waals surface area contributed by atoms with Crippen molar-refractivity contribution in [3.63, 3.8) is 0 Å². The number of carbonyl (C=O) groups is 1. The second-order valence-corrected chi connectivity index (χ2v) is 4.21. The molecule has 84 valence electrons. The lowest BCUT2D eigenvalue weighted by molar-refractivity contribution is -0.135. The van der Waals surface area contributed by atoms with Crippen LogP contribution in [-0.4, -0.2) is 29.4 Å². The minimum Gasteiger partial charge on any atom is -0.338 e. The molecule has 2 unspecified atom stereocenters. The second-order valence-electron chi connectivity index (χ2n) is 4.21. The van der Waals surface area contributed by atoms with Gasteiger partial charge in [0.25, 0.3) is 0 Å². The van der Waals surface area contributed by atoms with Gasteiger partial charge in [-0.15, -0.1) is 12.3 Å². The lowest BCUT2D eigenvalue weighted by Gasteiger charge is -2.38. The van der Waals surface area contributed by atoms with E-state index in [1.807, 2.05) is 11.8 Å². The van der Waals surface area contributed by atoms with Gasteiger partial charge in [-0.2, -0.15) is 0 Å². The Morgan fingerprint density at radius 1 is 1.67 bits per heavy atom. The van der Waals surface area contributed by atoms with Crippen LogP contribution in [0.25, 0.3) is 0 Å². The molecule has 3 heteroatoms. The Kier molecular flexibility index (Phi) is 4.64. The Hall–Kier alpha value is -1.01. The summed E-state index contributed by atoms with van der Waals surface area (Å²) in [6.45, 7) is 2.81. The third kappa shape index (κ3) is 3.24. The van der Waals surface area contributed by atoms with E-state index in [0.717, 1.165) is 19.4 Å². The molecule has 1 saturated heterocycles. The quantitative estimate of drug-likeness (QED) is 0.707. The van der Waals surface area contributed by atoms with Crippen molar-refractivity contribution in [1.82, 2.24) is 4.90 Å². The molecule has 1 aliphatic heterocycles. The van der Waals surface area contributed by atoms with Crippen LogP contribution in [-0.2, 0) is 4.79 Å². The Bertz CT molecular complexity index is 255. The van der Waals surface area contributed by atoms with Gasteiger partial charge in [-0.3, -0.25) is 4.79 Å². The van der Waals surface area contributed by atoms with E-state index < -0.39 is 0 Å². The first kappa shape index (κ1) is 12.1. The highest BCUT2D eigenvalue weighted by molar-refractivity contribution is 5.77. The summed E-state index contributed by atoms with van der Waals surface area (Å²) in [4.78, 5) is 13.8. The van der Waals surface area contributed by atoms with Gasteiger partial charge < -0.3 is 10.6 Å². The number of hydrogen-bond donors (Lipinski definition) is 1. The van der Waals surface area contributed by atoms with Crippen LogP contribution in [0.1, 0.15) is 39.0 Å². The molecule has 0 aromatic heterocycles. The lowest BCUT2D eigenvalue weighted by Crippen LogP contribution is -2.51. The summed E-state index contributed by atoms with van der Waals surface area (Å²) in [5, 5.41) is 0. The van der Waals surface area contributed by atoms with Crippen molar-refractivity contribution in [1.29, 1.82) is 0 Å². The number of rotatable bonds is 3. The molecule has 1 heterocycles. The van der Waals surface area contributed by atoms with Crippen LogP contribution >= 0.6 is 0 Å². The van der Waals surface area contributed by atoms with Crippen molar-refractivity contribution in [2.75, 3.05) is 6.54 Å². The zero-order valence-corrected chi connectivity index (χ0v) is 9.41. The van der Waals surface area contributed by atoms with Gasteiger partial charge in [0.15, 0.2) is 0 Å². The number of nitrogens with two attached hydrogens (primary N) is 1. The van der Waals surface area contributed by atoms with Crippen molar-refractivity contribution in [3.8, 4) is 12.3 Å². The van der Waals surface area contributed by atoms with E-state index in [4.69, 9.17) is 12.2 Å². The number of amides is 1. The first-order valence-corrected chi connectivity index (χ1v) is 5.65. The maximum absolute atomic E-state index is 11.8. The van der Waals surface area contributed by atoms with E-state index in [1.54, 1.807) is 0 Å². The smallest absolute Gasteiger partial charge is 0.223 e. The van der Waals surface area contributed by atoms with Crippen molar-refractivity contribution < 1.29 is 4.79 Å². The fourth-order valence-electron chi connectivity index (χ4n) is 2.14. The molecular formula is C12H20N2O. The predicted molar refractivity (Wildman–Crippen MR) is 61.1 cm³/mol. The number of terminal acetylenes is 1. The third-order valence-electron chi connectivity index (χ3n) is 2.96. The molecule has 1 rings (SSSR count). The standard InChI is InChI=1S/C12H20N2O/c1-3-4-8-12(15)14-9-6-5-7-11(14)10(2)13/h1,10-11H,4-9,13H2,2H3. The predicted octanol–water partition coefficient (Wildman–Crippen LogP) is 1.13. The fourth-order valence-corrected chi connectivity index (χ4v) is 2.14. The van der Waals surface area contributed by atoms with Gasteiger partial charge in [0.2, 0.25) is 5.91 Å². The minimum atomic E-state index is 0.0556. The maximum Gasteiger partial charge on any atom is 0.223 e. The van der Waals surface area contributed by atoms with Crippen LogP contribution in [0.3, 0.4) is 0 Å². The van der Waals surface area contributed by atoms with Gasteiger partial charge in [-0.25, -0.2) is 0 Å². The number of hydrogen-bond acceptors (Lipinski definition) is 2. The highest BCUT2D eigenvalue weighted by Crippen LogP contribution is 2.20. The van der Waals surface area contributed by atoms with E-state index >= 15 is 0 Å². The minimum absolute atomic E-state index is 0.0556. The Labute approximate surface area is 92.0 Å². The van der Waals surface area contributed by atoms with Gasteiger partial charge in [-0.1, -0.05) is 0 Å². The third-order valence-corrected chi connectivity index (χ3v) is 2.96. The van der Waals surface area contributed by atoms with E-state index in [9.17, 15) is 4.79 Å². The van der Waals surface area contributed by atoms with Gasteiger partial charge >= 0.3 is 0 Å². The molecule has 15 heavy (non-hydrogen) atoms. The van der Waals surface area contributed by atoms with Gasteiger partial charge in [0, 0.05) is 31.5 Å². The lowest BCUT2D eigenvalue weighted by atomic mass is 9.96. The molecule has 2 atom stereocenters. The molecule has 0 bridgehead atoms. The van der Waals surface area contributed by atoms with Crippen LogP contribution < -0.4 is 5.73 Å². The number of piperidine rings is 1. The fraction of sp³-hybridized carbons (Fsp3) is 0.750. The zero-order chi connectivity index (χ0) is 11.3. The summed E-state index contributed by atoms with van der Waals surface area (Å²) in [7, 11) is 0. The molecule has 1 aliphatic rings. The van der Waals surface area contributed by atoms with E-state index in [1.165, 1.54) is 6.42 Å². The highest BCUT2D eigenvalue weighted by Gasteiger charge is 2.28. The Morgan fingerprint density at radius 3 is 3.00 bits per heavy atom. The summed E-state index contributed by atoms with van der Waals surface area (Å²) in [5.74, 6) is 2.66. The average molecular weight is 208 g/mol. The zero-order valence-electron chi connectivity index (χ0n) is 9.41. The first-order chi connectivity index (χ1) is 7.16. The van der Waals surface area contributed by atoms with Crippen molar-refractivity contribution >= 4 is 5.91 Å². The molecule has 0 aromatic rings. The van der Waals surface area contributed by atoms with Crippen molar-refractivity contribution in [2.45, 2.75) is 51.1 Å². The molecule has 0 saturated carbocycles. The van der Waals surface area contributed by atoms with Crippen molar-refractivity contribution in [3.05, 3.63) is 0 Å². The molecule has 0 aliphatic carbocycles. The summed E-state index contributed by atoms with van der Waals surface area (Å²) >= 11 is 0. The Balaban J connectivity index is 2.56. The molecular weight excluding hydrogens is 188 g/mol. The van der Waals surface area contributed by atoms with Crippen LogP contribution in [0.4, 0.5) is 0 Å². The Morgan fingerprint density at radius 2 is 2.40 bits per heavy atom. The number of nitrogens with zero attached hydrogens (tertiary/aromatic N) is 1. The number of likely N-dealkylation sites (tertiary alicyclic amines) is 1. The van der Waals surface area contributed by atoms with Crippen LogP contribution in [0.5, 0.6) is 0 Å². The summed E-state index contributed by atoms with van der Waals surface area (Å²) in [5.41, 5.74) is 5.89. The maximum atomic E-state index is 11.8. The molecule has 1 fully saturated rings. The molecule has 0 radical (unpaired) electrons. The van der Waals surface area contributed by atoms with Gasteiger partial charge in [0.05, 0.1) is 0 Å². The largest absolute Gasteiger partial charge is 0.338 e. The summed E-state index contributed by atoms with van der Waals surface area (Å²) < 4.78 is 0. The van der Waals surface area contributed by atoms with E-state index in [2.05, 4.69) is 5.92 Å². The number of carbonyl (C=O) groups excluding carboxylic acids is 1. The molecule has 2 N–H and O–H groups in total. The van der Waals surface area contributed by atoms with Crippen LogP contribution in [0.2, 0.25) is 0 Å². The summed E-state index contributed by atoms with van der Waals surface area (Å²) in [6.07, 6.45) is 9.43. The van der Waals surface area contributed by atoms with E-state index in [-0.39, 0.29) is 18.0 Å². The van der Waals surface area contributed by atoms with Crippen LogP contribution in [0, 0.1) is 12.3 Å². The van der Waals surface area contributed by atoms with E-state index in [0.29, 0.717) is 12.8 Å². The normalized spacial score (nSPS) is 23.3. The van der Waals surface area contributed by atoms with Crippen molar-refractivity contribution in [2.24, 2.45) is 5.73 Å². The summed E-state index contributed by atoms with van der Waals surface area (Å²) in [6, 6.07) is 0.268. The molecule has 0 spiro atoms. The van der Waals surface area contributed by atoms with Gasteiger partial charge in [0.1, 0.15) is 0 Å². The van der Waals surface area contributed by atoms with Gasteiger partial charge in [-0.05, 0) is 26.2 Å². The molecule has 1 amide bonds.